The van der Waals surface area contributed by atoms with E-state index in [4.69, 9.17) is 11.6 Å². The van der Waals surface area contributed by atoms with Gasteiger partial charge >= 0.3 is 6.03 Å². The molecule has 2 amide bonds. The smallest absolute Gasteiger partial charge is 0.317 e. The highest BCUT2D eigenvalue weighted by atomic mass is 35.5. The molecule has 20 heavy (non-hydrogen) atoms. The first-order valence-electron chi connectivity index (χ1n) is 6.61. The summed E-state index contributed by atoms with van der Waals surface area (Å²) in [4.78, 5) is 14.7. The van der Waals surface area contributed by atoms with Crippen molar-refractivity contribution >= 4 is 29.0 Å². The predicted octanol–water partition coefficient (Wildman–Crippen LogP) is 3.34. The van der Waals surface area contributed by atoms with Crippen LogP contribution in [0.1, 0.15) is 32.1 Å². The Morgan fingerprint density at radius 3 is 2.70 bits per heavy atom. The maximum atomic E-state index is 12.0. The molecule has 0 bridgehead atoms. The molecule has 1 rings (SSSR count). The van der Waals surface area contributed by atoms with Crippen LogP contribution in [0.5, 0.6) is 0 Å². The highest BCUT2D eigenvalue weighted by Crippen LogP contribution is 2.23. The number of amides is 2. The van der Waals surface area contributed by atoms with Crippen molar-refractivity contribution in [1.29, 1.82) is 0 Å². The summed E-state index contributed by atoms with van der Waals surface area (Å²) in [6, 6.07) is 3.64. The largest absolute Gasteiger partial charge is 0.393 e. The molecule has 1 aromatic heterocycles. The minimum Gasteiger partial charge on any atom is -0.393 e. The van der Waals surface area contributed by atoms with E-state index in [0.29, 0.717) is 19.5 Å². The predicted molar refractivity (Wildman–Crippen MR) is 84.3 cm³/mol. The zero-order chi connectivity index (χ0) is 15.3. The monoisotopic (exact) mass is 318 g/mol. The topological polar surface area (TPSA) is 52.6 Å². The maximum absolute atomic E-state index is 12.0. The van der Waals surface area contributed by atoms with Gasteiger partial charge in [-0.2, -0.15) is 0 Å². The Hall–Kier alpha value is -0.780. The molecule has 0 radical (unpaired) electrons. The number of nitrogens with one attached hydrogen (secondary N) is 1. The summed E-state index contributed by atoms with van der Waals surface area (Å²) in [5.41, 5.74) is -0.128. The minimum absolute atomic E-state index is 0.117. The second-order valence-electron chi connectivity index (χ2n) is 5.94. The first-order valence-corrected chi connectivity index (χ1v) is 7.80. The van der Waals surface area contributed by atoms with Gasteiger partial charge in [0.25, 0.3) is 0 Å². The molecule has 0 aliphatic heterocycles. The Morgan fingerprint density at radius 2 is 2.20 bits per heavy atom. The number of urea groups is 1. The number of hydrogen-bond donors (Lipinski definition) is 2. The Morgan fingerprint density at radius 1 is 1.55 bits per heavy atom. The molecule has 1 aromatic rings. The number of hydrogen-bond acceptors (Lipinski definition) is 3. The van der Waals surface area contributed by atoms with Gasteiger partial charge in [0, 0.05) is 18.5 Å². The quantitative estimate of drug-likeness (QED) is 0.845. The molecule has 0 aliphatic carbocycles. The summed E-state index contributed by atoms with van der Waals surface area (Å²) in [5, 5.41) is 12.3. The van der Waals surface area contributed by atoms with Crippen LogP contribution in [0.25, 0.3) is 0 Å². The average molecular weight is 319 g/mol. The molecule has 0 fully saturated rings. The Kier molecular flexibility index (Phi) is 6.30. The van der Waals surface area contributed by atoms with Gasteiger partial charge in [-0.1, -0.05) is 25.4 Å². The standard InChI is InChI=1S/C14H23ClN2O2S/c1-10(18)7-14(2,3)9-16-13(19)17(4)8-11-5-6-12(15)20-11/h5-6,10,18H,7-9H2,1-4H3,(H,16,19). The molecule has 114 valence electrons. The van der Waals surface area contributed by atoms with Crippen molar-refractivity contribution in [3.8, 4) is 0 Å². The third-order valence-corrected chi connectivity index (χ3v) is 4.15. The van der Waals surface area contributed by atoms with Crippen LogP contribution in [0.4, 0.5) is 4.79 Å². The van der Waals surface area contributed by atoms with Crippen LogP contribution in [0, 0.1) is 5.41 Å². The Bertz CT molecular complexity index is 446. The zero-order valence-electron chi connectivity index (χ0n) is 12.4. The van der Waals surface area contributed by atoms with Gasteiger partial charge in [-0.3, -0.25) is 0 Å². The normalized spacial score (nSPS) is 13.1. The summed E-state index contributed by atoms with van der Waals surface area (Å²) in [6.07, 6.45) is 0.283. The number of nitrogens with zero attached hydrogens (tertiary/aromatic N) is 1. The van der Waals surface area contributed by atoms with Crippen molar-refractivity contribution in [1.82, 2.24) is 10.2 Å². The van der Waals surface area contributed by atoms with E-state index in [0.717, 1.165) is 9.21 Å². The molecular weight excluding hydrogens is 296 g/mol. The molecule has 0 saturated carbocycles. The lowest BCUT2D eigenvalue weighted by molar-refractivity contribution is 0.127. The molecule has 1 atom stereocenters. The SMILES string of the molecule is CC(O)CC(C)(C)CNC(=O)N(C)Cc1ccc(Cl)s1. The number of aliphatic hydroxyl groups excluding tert-OH is 1. The van der Waals surface area contributed by atoms with Gasteiger partial charge in [0.15, 0.2) is 0 Å². The Balaban J connectivity index is 2.42. The van der Waals surface area contributed by atoms with Crippen LogP contribution < -0.4 is 5.32 Å². The highest BCUT2D eigenvalue weighted by molar-refractivity contribution is 7.16. The van der Waals surface area contributed by atoms with Crippen molar-refractivity contribution in [2.45, 2.75) is 39.8 Å². The second-order valence-corrected chi connectivity index (χ2v) is 7.74. The first-order chi connectivity index (χ1) is 9.19. The van der Waals surface area contributed by atoms with Gasteiger partial charge in [-0.25, -0.2) is 4.79 Å². The number of thiophene rings is 1. The summed E-state index contributed by atoms with van der Waals surface area (Å²) >= 11 is 7.34. The average Bonchev–Trinajstić information content (AvgIpc) is 2.70. The van der Waals surface area contributed by atoms with E-state index in [-0.39, 0.29) is 17.6 Å². The highest BCUT2D eigenvalue weighted by Gasteiger charge is 2.22. The molecule has 0 spiro atoms. The van der Waals surface area contributed by atoms with E-state index in [2.05, 4.69) is 5.32 Å². The fourth-order valence-corrected chi connectivity index (χ4v) is 3.21. The number of carbonyl (C=O) groups excluding carboxylic acids is 1. The van der Waals surface area contributed by atoms with Gasteiger partial charge in [-0.05, 0) is 30.9 Å². The maximum Gasteiger partial charge on any atom is 0.317 e. The van der Waals surface area contributed by atoms with Gasteiger partial charge in [-0.15, -0.1) is 11.3 Å². The molecule has 0 aromatic carbocycles. The van der Waals surface area contributed by atoms with Gasteiger partial charge in [0.2, 0.25) is 0 Å². The lowest BCUT2D eigenvalue weighted by Gasteiger charge is -2.27. The summed E-state index contributed by atoms with van der Waals surface area (Å²) in [5.74, 6) is 0. The number of aliphatic hydroxyl groups is 1. The van der Waals surface area contributed by atoms with E-state index < -0.39 is 0 Å². The molecule has 2 N–H and O–H groups in total. The van der Waals surface area contributed by atoms with E-state index >= 15 is 0 Å². The zero-order valence-corrected chi connectivity index (χ0v) is 14.0. The molecular formula is C14H23ClN2O2S. The van der Waals surface area contributed by atoms with E-state index in [1.165, 1.54) is 11.3 Å². The second kappa shape index (κ2) is 7.29. The first kappa shape index (κ1) is 17.3. The third-order valence-electron chi connectivity index (χ3n) is 2.93. The van der Waals surface area contributed by atoms with Gasteiger partial charge in [0.05, 0.1) is 17.0 Å². The number of rotatable bonds is 6. The van der Waals surface area contributed by atoms with Crippen molar-refractivity contribution in [2.75, 3.05) is 13.6 Å². The van der Waals surface area contributed by atoms with Crippen LogP contribution in [0.3, 0.4) is 0 Å². The van der Waals surface area contributed by atoms with Crippen LogP contribution in [0.15, 0.2) is 12.1 Å². The molecule has 0 aliphatic rings. The molecule has 4 nitrogen and oxygen atoms in total. The summed E-state index contributed by atoms with van der Waals surface area (Å²) in [6.45, 7) is 6.89. The lowest BCUT2D eigenvalue weighted by atomic mass is 9.87. The van der Waals surface area contributed by atoms with Crippen molar-refractivity contribution in [2.24, 2.45) is 5.41 Å². The van der Waals surface area contributed by atoms with Gasteiger partial charge in [0.1, 0.15) is 0 Å². The van der Waals surface area contributed by atoms with E-state index in [1.54, 1.807) is 18.9 Å². The van der Waals surface area contributed by atoms with Crippen molar-refractivity contribution in [3.05, 3.63) is 21.3 Å². The number of carbonyl (C=O) groups is 1. The van der Waals surface area contributed by atoms with Crippen molar-refractivity contribution < 1.29 is 9.90 Å². The summed E-state index contributed by atoms with van der Waals surface area (Å²) in [7, 11) is 1.75. The Labute approximate surface area is 129 Å². The lowest BCUT2D eigenvalue weighted by Crippen LogP contribution is -2.42. The van der Waals surface area contributed by atoms with Crippen LogP contribution in [0.2, 0.25) is 4.34 Å². The third kappa shape index (κ3) is 6.11. The van der Waals surface area contributed by atoms with Crippen LogP contribution in [-0.4, -0.2) is 35.7 Å². The minimum atomic E-state index is -0.368. The molecule has 0 saturated heterocycles. The van der Waals surface area contributed by atoms with Crippen LogP contribution in [-0.2, 0) is 6.54 Å². The molecule has 1 heterocycles. The van der Waals surface area contributed by atoms with Gasteiger partial charge < -0.3 is 15.3 Å². The van der Waals surface area contributed by atoms with E-state index in [1.807, 2.05) is 26.0 Å². The van der Waals surface area contributed by atoms with Crippen molar-refractivity contribution in [3.63, 3.8) is 0 Å². The fourth-order valence-electron chi connectivity index (χ4n) is 2.06. The fraction of sp³-hybridized carbons (Fsp3) is 0.643. The molecule has 1 unspecified atom stereocenters. The number of halogens is 1. The van der Waals surface area contributed by atoms with Crippen LogP contribution >= 0.6 is 22.9 Å². The van der Waals surface area contributed by atoms with E-state index in [9.17, 15) is 9.90 Å². The molecule has 6 heteroatoms. The summed E-state index contributed by atoms with van der Waals surface area (Å²) < 4.78 is 0.729.